The van der Waals surface area contributed by atoms with Crippen LogP contribution in [-0.2, 0) is 32.2 Å². The monoisotopic (exact) mass is 571 g/mol. The largest absolute Gasteiger partial charge is 0.490 e. The smallest absolute Gasteiger partial charge is 0.475 e. The number of aryl methyl sites for hydroxylation is 1. The van der Waals surface area contributed by atoms with Crippen LogP contribution in [0.2, 0.25) is 0 Å². The number of ether oxygens (including phenoxy) is 2. The minimum atomic E-state index is -5.08. The summed E-state index contributed by atoms with van der Waals surface area (Å²) in [5, 5.41) is 18.4. The Kier molecular flexibility index (Phi) is 11.2. The molecule has 2 aliphatic heterocycles. The van der Waals surface area contributed by atoms with Gasteiger partial charge in [-0.2, -0.15) is 26.3 Å². The number of aliphatic carboxylic acids is 2. The molecule has 2 aromatic heterocycles. The van der Waals surface area contributed by atoms with Gasteiger partial charge in [0.05, 0.1) is 30.6 Å². The number of pyridine rings is 1. The number of piperidine rings is 1. The molecule has 0 amide bonds. The summed E-state index contributed by atoms with van der Waals surface area (Å²) in [6.45, 7) is 6.08. The lowest BCUT2D eigenvalue weighted by molar-refractivity contribution is -0.193. The minimum Gasteiger partial charge on any atom is -0.475 e. The quantitative estimate of drug-likeness (QED) is 0.508. The van der Waals surface area contributed by atoms with Crippen LogP contribution in [0, 0.1) is 6.92 Å². The number of carbonyl (C=O) groups is 2. The third kappa shape index (κ3) is 11.2. The van der Waals surface area contributed by atoms with E-state index in [1.165, 1.54) is 0 Å². The van der Waals surface area contributed by atoms with E-state index in [1.807, 2.05) is 25.1 Å². The molecule has 0 unspecified atom stereocenters. The maximum atomic E-state index is 10.6. The second-order valence-electron chi connectivity index (χ2n) is 8.84. The van der Waals surface area contributed by atoms with Crippen LogP contribution in [0.15, 0.2) is 35.1 Å². The van der Waals surface area contributed by atoms with Crippen molar-refractivity contribution >= 4 is 11.9 Å². The molecule has 2 N–H and O–H groups in total. The summed E-state index contributed by atoms with van der Waals surface area (Å²) < 4.78 is 81.0. The SMILES string of the molecule is Cc1cc(CN2CCC[C@]3(C[C@H](OCc4ccncc4)CO3)C2)no1.O=C(O)C(F)(F)F.O=C(O)C(F)(F)F. The molecule has 0 bridgehead atoms. The van der Waals surface area contributed by atoms with Crippen LogP contribution in [0.25, 0.3) is 0 Å². The summed E-state index contributed by atoms with van der Waals surface area (Å²) in [6.07, 6.45) is -3.18. The van der Waals surface area contributed by atoms with Crippen LogP contribution in [-0.4, -0.2) is 80.9 Å². The first-order valence-corrected chi connectivity index (χ1v) is 11.5. The third-order valence-electron chi connectivity index (χ3n) is 5.58. The first kappa shape index (κ1) is 32.0. The molecule has 2 atom stereocenters. The van der Waals surface area contributed by atoms with Gasteiger partial charge in [-0.15, -0.1) is 0 Å². The highest BCUT2D eigenvalue weighted by Crippen LogP contribution is 2.36. The highest BCUT2D eigenvalue weighted by Gasteiger charge is 2.44. The van der Waals surface area contributed by atoms with E-state index >= 15 is 0 Å². The Morgan fingerprint density at radius 3 is 2.23 bits per heavy atom. The molecule has 2 aromatic rings. The topological polar surface area (TPSA) is 135 Å². The van der Waals surface area contributed by atoms with E-state index in [4.69, 9.17) is 33.8 Å². The van der Waals surface area contributed by atoms with Crippen molar-refractivity contribution in [3.05, 3.63) is 47.6 Å². The molecule has 0 aromatic carbocycles. The third-order valence-corrected chi connectivity index (χ3v) is 5.58. The van der Waals surface area contributed by atoms with Crippen LogP contribution >= 0.6 is 0 Å². The van der Waals surface area contributed by atoms with E-state index < -0.39 is 24.3 Å². The zero-order valence-corrected chi connectivity index (χ0v) is 20.7. The minimum absolute atomic E-state index is 0.0695. The maximum absolute atomic E-state index is 10.6. The van der Waals surface area contributed by atoms with Gasteiger partial charge in [0.2, 0.25) is 0 Å². The zero-order valence-electron chi connectivity index (χ0n) is 20.7. The highest BCUT2D eigenvalue weighted by molar-refractivity contribution is 5.73. The number of carboxylic acid groups (broad SMARTS) is 2. The first-order chi connectivity index (χ1) is 18.1. The second-order valence-corrected chi connectivity index (χ2v) is 8.84. The Morgan fingerprint density at radius 1 is 1.13 bits per heavy atom. The van der Waals surface area contributed by atoms with Crippen LogP contribution in [0.1, 0.15) is 36.3 Å². The number of carboxylic acids is 2. The fourth-order valence-electron chi connectivity index (χ4n) is 3.93. The zero-order chi connectivity index (χ0) is 29.3. The van der Waals surface area contributed by atoms with Gasteiger partial charge in [0, 0.05) is 38.0 Å². The Labute approximate surface area is 218 Å². The van der Waals surface area contributed by atoms with Gasteiger partial charge in [0.15, 0.2) is 0 Å². The number of alkyl halides is 6. The molecule has 0 saturated carbocycles. The number of nitrogens with zero attached hydrogens (tertiary/aromatic N) is 3. The molecule has 4 rings (SSSR count). The normalized spacial score (nSPS) is 21.5. The molecule has 16 heteroatoms. The van der Waals surface area contributed by atoms with E-state index in [0.717, 1.165) is 55.9 Å². The summed E-state index contributed by atoms with van der Waals surface area (Å²) in [7, 11) is 0. The summed E-state index contributed by atoms with van der Waals surface area (Å²) in [4.78, 5) is 24.3. The lowest BCUT2D eigenvalue weighted by atomic mass is 9.89. The molecule has 0 aliphatic carbocycles. The number of halogens is 6. The van der Waals surface area contributed by atoms with Crippen LogP contribution in [0.3, 0.4) is 0 Å². The van der Waals surface area contributed by atoms with Gasteiger partial charge in [-0.1, -0.05) is 5.16 Å². The van der Waals surface area contributed by atoms with Gasteiger partial charge in [0.1, 0.15) is 5.76 Å². The average molecular weight is 571 g/mol. The first-order valence-electron chi connectivity index (χ1n) is 11.5. The van der Waals surface area contributed by atoms with E-state index in [2.05, 4.69) is 15.0 Å². The molecular weight excluding hydrogens is 544 g/mol. The average Bonchev–Trinajstić information content (AvgIpc) is 3.43. The van der Waals surface area contributed by atoms with Crippen molar-refractivity contribution in [1.82, 2.24) is 15.0 Å². The van der Waals surface area contributed by atoms with Crippen molar-refractivity contribution < 1.29 is 60.1 Å². The Balaban J connectivity index is 0.000000317. The van der Waals surface area contributed by atoms with Crippen molar-refractivity contribution in [3.63, 3.8) is 0 Å². The van der Waals surface area contributed by atoms with Crippen LogP contribution < -0.4 is 0 Å². The predicted molar refractivity (Wildman–Crippen MR) is 119 cm³/mol. The molecule has 2 fully saturated rings. The number of likely N-dealkylation sites (tertiary alicyclic amines) is 1. The molecule has 2 aliphatic rings. The van der Waals surface area contributed by atoms with Gasteiger partial charge in [-0.3, -0.25) is 9.88 Å². The lowest BCUT2D eigenvalue weighted by Crippen LogP contribution is -2.47. The summed E-state index contributed by atoms with van der Waals surface area (Å²) in [5.41, 5.74) is 2.08. The van der Waals surface area contributed by atoms with E-state index in [0.29, 0.717) is 13.2 Å². The van der Waals surface area contributed by atoms with Crippen molar-refractivity contribution in [1.29, 1.82) is 0 Å². The van der Waals surface area contributed by atoms with Crippen LogP contribution in [0.4, 0.5) is 26.3 Å². The predicted octanol–water partition coefficient (Wildman–Crippen LogP) is 3.98. The van der Waals surface area contributed by atoms with Gasteiger partial charge in [-0.25, -0.2) is 9.59 Å². The Bertz CT molecular complexity index is 1040. The van der Waals surface area contributed by atoms with Gasteiger partial charge < -0.3 is 24.2 Å². The summed E-state index contributed by atoms with van der Waals surface area (Å²) >= 11 is 0. The van der Waals surface area contributed by atoms with E-state index in [9.17, 15) is 26.3 Å². The van der Waals surface area contributed by atoms with Crippen molar-refractivity contribution in [3.8, 4) is 0 Å². The second kappa shape index (κ2) is 13.7. The van der Waals surface area contributed by atoms with Crippen molar-refractivity contribution in [2.24, 2.45) is 0 Å². The standard InChI is InChI=1S/C19H25N3O3.2C2HF3O2/c1-15-9-17(21-25-15)11-22-8-2-5-19(14-22)10-18(13-24-19)23-12-16-3-6-20-7-4-16;2*3-2(4,5)1(6)7/h3-4,6-7,9,18H,2,5,8,10-14H2,1H3;2*(H,6,7)/t18-,19-;;/m0../s1. The number of hydrogen-bond donors (Lipinski definition) is 2. The number of aromatic nitrogens is 2. The van der Waals surface area contributed by atoms with E-state index in [1.54, 1.807) is 12.4 Å². The highest BCUT2D eigenvalue weighted by atomic mass is 19.4. The molecule has 10 nitrogen and oxygen atoms in total. The van der Waals surface area contributed by atoms with Crippen LogP contribution in [0.5, 0.6) is 0 Å². The summed E-state index contributed by atoms with van der Waals surface area (Å²) in [5.74, 6) is -4.65. The molecule has 1 spiro atoms. The molecular formula is C23H27F6N3O7. The van der Waals surface area contributed by atoms with Gasteiger partial charge in [-0.05, 0) is 44.0 Å². The van der Waals surface area contributed by atoms with E-state index in [-0.39, 0.29) is 11.7 Å². The number of rotatable bonds is 5. The van der Waals surface area contributed by atoms with Crippen molar-refractivity contribution in [2.75, 3.05) is 19.7 Å². The number of hydrogen-bond acceptors (Lipinski definition) is 8. The van der Waals surface area contributed by atoms with Gasteiger partial charge in [0.25, 0.3) is 0 Å². The molecule has 218 valence electrons. The molecule has 0 radical (unpaired) electrons. The fraction of sp³-hybridized carbons (Fsp3) is 0.565. The Morgan fingerprint density at radius 2 is 1.72 bits per heavy atom. The van der Waals surface area contributed by atoms with Crippen molar-refractivity contribution in [2.45, 2.75) is 63.4 Å². The molecule has 2 saturated heterocycles. The Hall–Kier alpha value is -3.24. The van der Waals surface area contributed by atoms with Gasteiger partial charge >= 0.3 is 24.3 Å². The molecule has 4 heterocycles. The maximum Gasteiger partial charge on any atom is 0.490 e. The molecule has 39 heavy (non-hydrogen) atoms. The fourth-order valence-corrected chi connectivity index (χ4v) is 3.93. The summed E-state index contributed by atoms with van der Waals surface area (Å²) in [6, 6.07) is 6.00. The lowest BCUT2D eigenvalue weighted by Gasteiger charge is -2.39.